The zero-order chi connectivity index (χ0) is 25.6. The zero-order valence-electron chi connectivity index (χ0n) is 19.6. The average Bonchev–Trinajstić information content (AvgIpc) is 3.25. The number of methoxy groups -OCH3 is 2. The van der Waals surface area contributed by atoms with Gasteiger partial charge in [0, 0.05) is 31.1 Å². The maximum atomic E-state index is 13.3. The van der Waals surface area contributed by atoms with Crippen molar-refractivity contribution in [3.8, 4) is 17.4 Å². The lowest BCUT2D eigenvalue weighted by molar-refractivity contribution is -0.105. The number of aryl methyl sites for hydroxylation is 1. The number of pyridine rings is 1. The van der Waals surface area contributed by atoms with Crippen LogP contribution in [0.25, 0.3) is 11.5 Å². The van der Waals surface area contributed by atoms with Crippen LogP contribution in [-0.4, -0.2) is 63.9 Å². The molecule has 0 spiro atoms. The van der Waals surface area contributed by atoms with Gasteiger partial charge in [-0.1, -0.05) is 6.07 Å². The third-order valence-corrected chi connectivity index (χ3v) is 6.81. The van der Waals surface area contributed by atoms with Gasteiger partial charge in [-0.2, -0.15) is 0 Å². The van der Waals surface area contributed by atoms with E-state index in [1.54, 1.807) is 25.1 Å². The van der Waals surface area contributed by atoms with E-state index in [2.05, 4.69) is 29.9 Å². The van der Waals surface area contributed by atoms with Crippen molar-refractivity contribution in [1.29, 1.82) is 0 Å². The second-order valence-corrected chi connectivity index (χ2v) is 9.49. The van der Waals surface area contributed by atoms with Crippen molar-refractivity contribution in [3.05, 3.63) is 53.8 Å². The molecule has 0 aliphatic heterocycles. The number of nitrogens with two attached hydrogens (primary N) is 1. The summed E-state index contributed by atoms with van der Waals surface area (Å²) in [5.74, 6) is 0.380. The quantitative estimate of drug-likeness (QED) is 0.282. The molecular weight excluding hydrogens is 476 g/mol. The number of carbonyl (C=O) groups excluding carboxylic acids is 1. The van der Waals surface area contributed by atoms with Crippen LogP contribution >= 0.6 is 0 Å². The van der Waals surface area contributed by atoms with Gasteiger partial charge in [-0.15, -0.1) is 10.2 Å². The van der Waals surface area contributed by atoms with E-state index in [0.717, 1.165) is 6.20 Å². The first kappa shape index (κ1) is 25.7. The first-order valence-corrected chi connectivity index (χ1v) is 11.9. The van der Waals surface area contributed by atoms with Crippen LogP contribution in [0.3, 0.4) is 0 Å². The molecule has 2 atom stereocenters. The fraction of sp³-hybridized carbons (Fsp3) is 0.333. The highest BCUT2D eigenvalue weighted by Gasteiger charge is 2.33. The molecule has 0 radical (unpaired) electrons. The number of nitrogens with zero attached hydrogens (tertiary/aromatic N) is 6. The van der Waals surface area contributed by atoms with Gasteiger partial charge in [0.1, 0.15) is 23.3 Å². The van der Waals surface area contributed by atoms with Gasteiger partial charge in [0.15, 0.2) is 5.82 Å². The summed E-state index contributed by atoms with van der Waals surface area (Å²) in [5, 5.41) is 6.99. The van der Waals surface area contributed by atoms with Crippen LogP contribution in [0.2, 0.25) is 0 Å². The summed E-state index contributed by atoms with van der Waals surface area (Å²) in [6.45, 7) is 3.13. The summed E-state index contributed by atoms with van der Waals surface area (Å²) in [6.07, 6.45) is 3.76. The van der Waals surface area contributed by atoms with Gasteiger partial charge in [0.05, 0.1) is 31.2 Å². The Hall–Kier alpha value is -3.91. The molecule has 3 aromatic heterocycles. The number of aromatic nitrogens is 6. The van der Waals surface area contributed by atoms with E-state index >= 15 is 0 Å². The second kappa shape index (κ2) is 11.0. The molecule has 0 aliphatic rings. The lowest BCUT2D eigenvalue weighted by Crippen LogP contribution is -2.33. The smallest absolute Gasteiger partial charge is 0.240 e. The number of ether oxygens (including phenoxy) is 2. The van der Waals surface area contributed by atoms with E-state index in [9.17, 15) is 13.2 Å². The normalized spacial score (nSPS) is 13.8. The highest BCUT2D eigenvalue weighted by molar-refractivity contribution is 7.93. The number of rotatable bonds is 11. The van der Waals surface area contributed by atoms with E-state index in [-0.39, 0.29) is 23.9 Å². The van der Waals surface area contributed by atoms with Gasteiger partial charge in [0.2, 0.25) is 21.9 Å². The third kappa shape index (κ3) is 5.78. The molecule has 0 aliphatic carbocycles. The third-order valence-electron chi connectivity index (χ3n) is 5.11. The fourth-order valence-corrected chi connectivity index (χ4v) is 4.34. The molecule has 35 heavy (non-hydrogen) atoms. The van der Waals surface area contributed by atoms with Crippen molar-refractivity contribution in [3.63, 3.8) is 0 Å². The van der Waals surface area contributed by atoms with Crippen molar-refractivity contribution in [1.82, 2.24) is 29.7 Å². The topological polar surface area (TPSA) is 177 Å². The molecule has 186 valence electrons. The molecule has 0 unspecified atom stereocenters. The van der Waals surface area contributed by atoms with Gasteiger partial charge in [0.25, 0.3) is 0 Å². The fourth-order valence-electron chi connectivity index (χ4n) is 3.17. The Morgan fingerprint density at radius 1 is 1.23 bits per heavy atom. The van der Waals surface area contributed by atoms with Crippen molar-refractivity contribution in [2.24, 2.45) is 5.73 Å². The van der Waals surface area contributed by atoms with Crippen LogP contribution in [0, 0.1) is 6.92 Å². The number of hydrogen-bond donors (Lipinski definition) is 2. The lowest BCUT2D eigenvalue weighted by atomic mass is 10.2. The summed E-state index contributed by atoms with van der Waals surface area (Å²) in [4.78, 5) is 24.1. The molecule has 0 aromatic carbocycles. The molecule has 13 nitrogen and oxygen atoms in total. The Balaban J connectivity index is 2.00. The summed E-state index contributed by atoms with van der Waals surface area (Å²) in [6, 6.07) is 4.98. The van der Waals surface area contributed by atoms with E-state index in [1.807, 2.05) is 0 Å². The van der Waals surface area contributed by atoms with Crippen molar-refractivity contribution >= 4 is 22.3 Å². The van der Waals surface area contributed by atoms with E-state index in [4.69, 9.17) is 15.2 Å². The van der Waals surface area contributed by atoms with Crippen LogP contribution in [0.5, 0.6) is 5.88 Å². The minimum Gasteiger partial charge on any atom is -0.481 e. The second-order valence-electron chi connectivity index (χ2n) is 7.45. The number of hydrogen-bond acceptors (Lipinski definition) is 11. The largest absolute Gasteiger partial charge is 0.481 e. The lowest BCUT2D eigenvalue weighted by Gasteiger charge is -2.22. The van der Waals surface area contributed by atoms with Gasteiger partial charge >= 0.3 is 0 Å². The van der Waals surface area contributed by atoms with Gasteiger partial charge in [-0.05, 0) is 19.9 Å². The number of nitrogens with one attached hydrogen (secondary N) is 1. The molecule has 3 aromatic rings. The van der Waals surface area contributed by atoms with Crippen LogP contribution < -0.4 is 15.2 Å². The molecule has 0 amide bonds. The monoisotopic (exact) mass is 502 g/mol. The zero-order valence-corrected chi connectivity index (χ0v) is 20.4. The Morgan fingerprint density at radius 3 is 2.60 bits per heavy atom. The maximum Gasteiger partial charge on any atom is 0.240 e. The molecule has 3 rings (SSSR count). The highest BCUT2D eigenvalue weighted by atomic mass is 32.2. The first-order chi connectivity index (χ1) is 16.7. The SMILES string of the molecule is COc1cccc(-c2nnc(NS(=O)(=O)[C@@H](C)[C@H](OC)c3cnc(C)cn3)n2CC(C=O)=CN)n1. The predicted octanol–water partition coefficient (Wildman–Crippen LogP) is 1.01. The van der Waals surface area contributed by atoms with Crippen LogP contribution in [0.1, 0.15) is 24.4 Å². The average molecular weight is 503 g/mol. The van der Waals surface area contributed by atoms with Gasteiger partial charge in [-0.3, -0.25) is 24.1 Å². The standard InChI is InChI=1S/C21H26N8O5S/c1-13-9-24-17(10-23-13)19(34-4)14(2)35(31,32)28-21-27-26-20(29(21)11-15(8-22)12-30)16-6-5-7-18(25-16)33-3/h5-10,12,14,19H,11,22H2,1-4H3,(H,27,28)/t14-,19-/m0/s1. The highest BCUT2D eigenvalue weighted by Crippen LogP contribution is 2.27. The molecule has 14 heteroatoms. The number of carbonyl (C=O) groups is 1. The molecule has 3 heterocycles. The Labute approximate surface area is 202 Å². The molecule has 0 saturated heterocycles. The molecule has 0 fully saturated rings. The van der Waals surface area contributed by atoms with Crippen LogP contribution in [-0.2, 0) is 26.1 Å². The van der Waals surface area contributed by atoms with Crippen LogP contribution in [0.4, 0.5) is 5.95 Å². The molecule has 3 N–H and O–H groups in total. The van der Waals surface area contributed by atoms with Crippen LogP contribution in [0.15, 0.2) is 42.4 Å². The van der Waals surface area contributed by atoms with E-state index < -0.39 is 21.4 Å². The van der Waals surface area contributed by atoms with Gasteiger partial charge in [-0.25, -0.2) is 13.4 Å². The molecule has 0 saturated carbocycles. The minimum absolute atomic E-state index is 0.107. The van der Waals surface area contributed by atoms with E-state index in [1.165, 1.54) is 38.1 Å². The van der Waals surface area contributed by atoms with Crippen molar-refractivity contribution in [2.75, 3.05) is 18.9 Å². The number of anilines is 1. The Morgan fingerprint density at radius 2 is 2.00 bits per heavy atom. The predicted molar refractivity (Wildman–Crippen MR) is 127 cm³/mol. The first-order valence-electron chi connectivity index (χ1n) is 10.4. The number of sulfonamides is 1. The number of aldehydes is 1. The summed E-state index contributed by atoms with van der Waals surface area (Å²) in [5.41, 5.74) is 7.10. The van der Waals surface area contributed by atoms with Gasteiger partial charge < -0.3 is 15.2 Å². The summed E-state index contributed by atoms with van der Waals surface area (Å²) >= 11 is 0. The van der Waals surface area contributed by atoms with Crippen molar-refractivity contribution in [2.45, 2.75) is 31.7 Å². The Bertz CT molecular complexity index is 1310. The maximum absolute atomic E-state index is 13.3. The van der Waals surface area contributed by atoms with E-state index in [0.29, 0.717) is 29.2 Å². The molecule has 0 bridgehead atoms. The Kier molecular flexibility index (Phi) is 8.09. The number of allylic oxidation sites excluding steroid dienone is 1. The molecular formula is C21H26N8O5S. The summed E-state index contributed by atoms with van der Waals surface area (Å²) in [7, 11) is -1.24. The minimum atomic E-state index is -4.09. The van der Waals surface area contributed by atoms with Crippen molar-refractivity contribution < 1.29 is 22.7 Å². The summed E-state index contributed by atoms with van der Waals surface area (Å²) < 4.78 is 41.0.